The van der Waals surface area contributed by atoms with Gasteiger partial charge in [0.15, 0.2) is 6.29 Å². The average molecular weight is 258 g/mol. The van der Waals surface area contributed by atoms with Gasteiger partial charge < -0.3 is 44.0 Å². The highest BCUT2D eigenvalue weighted by atomic mass is 31.2. The van der Waals surface area contributed by atoms with Gasteiger partial charge in [0.1, 0.15) is 24.4 Å². The first-order valence-electron chi connectivity index (χ1n) is 4.27. The molecule has 1 aliphatic heterocycles. The minimum absolute atomic E-state index is 0.743. The van der Waals surface area contributed by atoms with Crippen molar-refractivity contribution in [1.82, 2.24) is 0 Å². The summed E-state index contributed by atoms with van der Waals surface area (Å²) in [6, 6.07) is 0. The molecule has 1 fully saturated rings. The number of aliphatic hydroxyl groups is 4. The van der Waals surface area contributed by atoms with Crippen LogP contribution in [0.4, 0.5) is 0 Å². The van der Waals surface area contributed by atoms with Gasteiger partial charge in [0.25, 0.3) is 0 Å². The van der Waals surface area contributed by atoms with E-state index in [0.717, 1.165) is 0 Å². The van der Waals surface area contributed by atoms with E-state index in [2.05, 4.69) is 9.26 Å². The number of hydrogen-bond donors (Lipinski definition) is 4. The molecule has 0 spiro atoms. The number of rotatable bonds is 3. The smallest absolute Gasteiger partial charge is 0.191 e. The minimum Gasteiger partial charge on any atom is -0.790 e. The highest BCUT2D eigenvalue weighted by Crippen LogP contribution is 2.33. The van der Waals surface area contributed by atoms with Gasteiger partial charge in [-0.2, -0.15) is 0 Å². The largest absolute Gasteiger partial charge is 0.790 e. The molecule has 10 heteroatoms. The predicted octanol–water partition coefficient (Wildman–Crippen LogP) is -4.37. The molecule has 0 aromatic heterocycles. The summed E-state index contributed by atoms with van der Waals surface area (Å²) < 4.78 is 18.7. The quantitative estimate of drug-likeness (QED) is 0.366. The number of phosphoric ester groups is 1. The van der Waals surface area contributed by atoms with Crippen LogP contribution in [0.3, 0.4) is 0 Å². The summed E-state index contributed by atoms with van der Waals surface area (Å²) in [6.45, 7) is -0.743. The Balaban J connectivity index is 2.75. The summed E-state index contributed by atoms with van der Waals surface area (Å²) in [7, 11) is -5.41. The summed E-state index contributed by atoms with van der Waals surface area (Å²) in [5.74, 6) is 0. The summed E-state index contributed by atoms with van der Waals surface area (Å²) >= 11 is 0. The van der Waals surface area contributed by atoms with E-state index in [0.29, 0.717) is 0 Å². The first kappa shape index (κ1) is 14.0. The Kier molecular flexibility index (Phi) is 4.41. The molecule has 0 aromatic rings. The average Bonchev–Trinajstić information content (AvgIpc) is 2.17. The Labute approximate surface area is 90.1 Å². The molecule has 0 amide bonds. The van der Waals surface area contributed by atoms with Gasteiger partial charge in [-0.1, -0.05) is 0 Å². The normalized spacial score (nSPS) is 41.0. The Morgan fingerprint density at radius 1 is 1.19 bits per heavy atom. The van der Waals surface area contributed by atoms with E-state index in [9.17, 15) is 29.7 Å². The molecule has 0 radical (unpaired) electrons. The van der Waals surface area contributed by atoms with Crippen molar-refractivity contribution in [2.75, 3.05) is 6.61 Å². The molecular weight excluding hydrogens is 247 g/mol. The van der Waals surface area contributed by atoms with E-state index >= 15 is 0 Å². The number of aliphatic hydroxyl groups excluding tert-OH is 4. The fourth-order valence-corrected chi connectivity index (χ4v) is 1.71. The van der Waals surface area contributed by atoms with E-state index in [1.54, 1.807) is 0 Å². The van der Waals surface area contributed by atoms with Crippen LogP contribution in [-0.2, 0) is 13.8 Å². The second kappa shape index (κ2) is 5.05. The molecule has 0 aliphatic carbocycles. The zero-order valence-corrected chi connectivity index (χ0v) is 8.77. The van der Waals surface area contributed by atoms with Crippen LogP contribution in [0.1, 0.15) is 0 Å². The zero-order chi connectivity index (χ0) is 12.5. The summed E-state index contributed by atoms with van der Waals surface area (Å²) in [5, 5.41) is 36.5. The van der Waals surface area contributed by atoms with Crippen LogP contribution in [-0.4, -0.2) is 57.7 Å². The lowest BCUT2D eigenvalue weighted by Crippen LogP contribution is -2.59. The second-order valence-electron chi connectivity index (χ2n) is 3.25. The number of hydrogen-bond acceptors (Lipinski definition) is 9. The molecule has 0 aromatic carbocycles. The van der Waals surface area contributed by atoms with Gasteiger partial charge in [-0.15, -0.1) is 0 Å². The molecule has 0 bridgehead atoms. The predicted molar refractivity (Wildman–Crippen MR) is 42.5 cm³/mol. The van der Waals surface area contributed by atoms with Crippen LogP contribution in [0, 0.1) is 0 Å². The van der Waals surface area contributed by atoms with Crippen molar-refractivity contribution < 1.29 is 44.0 Å². The number of ether oxygens (including phenoxy) is 1. The van der Waals surface area contributed by atoms with Gasteiger partial charge in [-0.3, -0.25) is 0 Å². The van der Waals surface area contributed by atoms with Crippen LogP contribution in [0.5, 0.6) is 0 Å². The maximum Gasteiger partial charge on any atom is 0.191 e. The van der Waals surface area contributed by atoms with Gasteiger partial charge in [0.05, 0.1) is 14.4 Å². The molecule has 1 aliphatic rings. The third-order valence-corrected chi connectivity index (χ3v) is 2.55. The molecule has 0 saturated carbocycles. The first-order valence-corrected chi connectivity index (χ1v) is 5.73. The Morgan fingerprint density at radius 2 is 1.75 bits per heavy atom. The molecule has 3 unspecified atom stereocenters. The fraction of sp³-hybridized carbons (Fsp3) is 1.00. The van der Waals surface area contributed by atoms with Crippen molar-refractivity contribution in [2.45, 2.75) is 30.7 Å². The highest BCUT2D eigenvalue weighted by Gasteiger charge is 2.44. The van der Waals surface area contributed by atoms with Crippen LogP contribution in [0.25, 0.3) is 0 Å². The van der Waals surface area contributed by atoms with E-state index in [1.165, 1.54) is 0 Å². The van der Waals surface area contributed by atoms with Crippen LogP contribution < -0.4 is 9.79 Å². The van der Waals surface area contributed by atoms with Gasteiger partial charge in [0.2, 0.25) is 0 Å². The highest BCUT2D eigenvalue weighted by molar-refractivity contribution is 7.43. The lowest BCUT2D eigenvalue weighted by molar-refractivity contribution is -0.368. The molecule has 1 rings (SSSR count). The molecule has 96 valence electrons. The maximum atomic E-state index is 10.3. The van der Waals surface area contributed by atoms with Crippen molar-refractivity contribution in [1.29, 1.82) is 0 Å². The van der Waals surface area contributed by atoms with Gasteiger partial charge in [0, 0.05) is 0 Å². The van der Waals surface area contributed by atoms with Crippen molar-refractivity contribution in [3.8, 4) is 0 Å². The van der Waals surface area contributed by atoms with Crippen LogP contribution in [0.2, 0.25) is 0 Å². The standard InChI is InChI=1S/C6H13O9P/c7-1-2-3(8)4(9)5(10)6(14-2)15-16(11,12)13/h2-10H,1H2,(H2,11,12,13)/p-2/t2-,3?,4?,5?,6-/m1/s1. The lowest BCUT2D eigenvalue weighted by Gasteiger charge is -2.43. The monoisotopic (exact) mass is 258 g/mol. The van der Waals surface area contributed by atoms with Crippen molar-refractivity contribution >= 4 is 7.82 Å². The minimum atomic E-state index is -5.41. The topological polar surface area (TPSA) is 163 Å². The Bertz CT molecular complexity index is 275. The molecule has 4 N–H and O–H groups in total. The summed E-state index contributed by atoms with van der Waals surface area (Å²) in [6.07, 6.45) is -8.61. The number of phosphoric acid groups is 1. The molecule has 1 saturated heterocycles. The van der Waals surface area contributed by atoms with Crippen molar-refractivity contribution in [3.63, 3.8) is 0 Å². The van der Waals surface area contributed by atoms with Crippen molar-refractivity contribution in [2.24, 2.45) is 0 Å². The SMILES string of the molecule is O=P([O-])([O-])O[C@H]1O[C@H](CO)C(O)C(O)C1O. The van der Waals surface area contributed by atoms with Crippen molar-refractivity contribution in [3.05, 3.63) is 0 Å². The van der Waals surface area contributed by atoms with Crippen LogP contribution in [0.15, 0.2) is 0 Å². The fourth-order valence-electron chi connectivity index (χ4n) is 1.28. The van der Waals surface area contributed by atoms with Gasteiger partial charge in [-0.05, 0) is 0 Å². The van der Waals surface area contributed by atoms with E-state index in [1.807, 2.05) is 0 Å². The molecular formula is C6H11O9P-2. The zero-order valence-electron chi connectivity index (χ0n) is 7.87. The van der Waals surface area contributed by atoms with Gasteiger partial charge in [-0.25, -0.2) is 0 Å². The molecule has 1 heterocycles. The first-order chi connectivity index (χ1) is 7.26. The lowest BCUT2D eigenvalue weighted by atomic mass is 10.00. The maximum absolute atomic E-state index is 10.3. The Morgan fingerprint density at radius 3 is 2.19 bits per heavy atom. The van der Waals surface area contributed by atoms with Crippen LogP contribution >= 0.6 is 7.82 Å². The van der Waals surface area contributed by atoms with Gasteiger partial charge >= 0.3 is 0 Å². The molecule has 9 nitrogen and oxygen atoms in total. The summed E-state index contributed by atoms with van der Waals surface area (Å²) in [4.78, 5) is 20.6. The third-order valence-electron chi connectivity index (χ3n) is 2.08. The Hall–Kier alpha value is -0.0900. The summed E-state index contributed by atoms with van der Waals surface area (Å²) in [5.41, 5.74) is 0. The molecule has 16 heavy (non-hydrogen) atoms. The van der Waals surface area contributed by atoms with E-state index in [-0.39, 0.29) is 0 Å². The second-order valence-corrected chi connectivity index (χ2v) is 4.36. The van der Waals surface area contributed by atoms with E-state index in [4.69, 9.17) is 5.11 Å². The third kappa shape index (κ3) is 3.20. The molecule has 5 atom stereocenters. The van der Waals surface area contributed by atoms with E-state index < -0.39 is 45.1 Å².